The van der Waals surface area contributed by atoms with Gasteiger partial charge in [0.25, 0.3) is 0 Å². The molecule has 4 atom stereocenters. The molecule has 6 aromatic rings. The summed E-state index contributed by atoms with van der Waals surface area (Å²) in [6.07, 6.45) is -2.35. The molecule has 1 heterocycles. The number of carbonyl (C=O) groups excluding carboxylic acids is 3. The Balaban J connectivity index is 1.07. The summed E-state index contributed by atoms with van der Waals surface area (Å²) in [7, 11) is 0. The molecule has 1 aliphatic rings. The standard InChI is InChI=1S/C44H34O7S/c45-41(35-22-16-32(17-23-35)29-10-4-1-5-11-29)49-28-38-39(50-42(46)36-24-18-33(19-25-36)30-12-6-2-7-13-30)40(44(48)52-38)51-43(47)37-26-20-34(21-27-37)31-14-8-3-9-15-31/h1-27,38-40,44,48H,28H2/t38-,39-,40+,44?/m0/s1. The number of hydrogen-bond acceptors (Lipinski definition) is 8. The molecule has 0 aliphatic carbocycles. The van der Waals surface area contributed by atoms with Crippen molar-refractivity contribution in [3.05, 3.63) is 180 Å². The van der Waals surface area contributed by atoms with Crippen LogP contribution in [-0.2, 0) is 14.2 Å². The Labute approximate surface area is 305 Å². The Morgan fingerprint density at radius 1 is 0.442 bits per heavy atom. The SMILES string of the molecule is O=C(OC[C@@H]1SC(O)[C@H](OC(=O)c2ccc(-c3ccccc3)cc2)[C@H]1OC(=O)c1ccc(-c2ccccc2)cc1)c1ccc(-c2ccccc2)cc1. The predicted octanol–water partition coefficient (Wildman–Crippen LogP) is 8.73. The molecule has 0 bridgehead atoms. The maximum absolute atomic E-state index is 13.5. The number of ether oxygens (including phenoxy) is 3. The van der Waals surface area contributed by atoms with E-state index in [4.69, 9.17) is 14.2 Å². The second kappa shape index (κ2) is 15.9. The van der Waals surface area contributed by atoms with Crippen molar-refractivity contribution in [3.63, 3.8) is 0 Å². The van der Waals surface area contributed by atoms with Gasteiger partial charge in [-0.25, -0.2) is 14.4 Å². The van der Waals surface area contributed by atoms with Gasteiger partial charge in [-0.15, -0.1) is 11.8 Å². The van der Waals surface area contributed by atoms with Crippen LogP contribution >= 0.6 is 11.8 Å². The van der Waals surface area contributed by atoms with Gasteiger partial charge in [-0.3, -0.25) is 0 Å². The van der Waals surface area contributed by atoms with Crippen molar-refractivity contribution in [2.45, 2.75) is 22.9 Å². The fraction of sp³-hybridized carbons (Fsp3) is 0.114. The van der Waals surface area contributed by atoms with Crippen LogP contribution in [0, 0.1) is 0 Å². The van der Waals surface area contributed by atoms with E-state index in [-0.39, 0.29) is 17.7 Å². The Morgan fingerprint density at radius 2 is 0.769 bits per heavy atom. The number of thioether (sulfide) groups is 1. The first kappa shape index (κ1) is 34.5. The molecule has 1 saturated heterocycles. The summed E-state index contributed by atoms with van der Waals surface area (Å²) in [6.45, 7) is -0.203. The summed E-state index contributed by atoms with van der Waals surface area (Å²) < 4.78 is 17.5. The molecule has 0 amide bonds. The molecule has 1 aliphatic heterocycles. The predicted molar refractivity (Wildman–Crippen MR) is 202 cm³/mol. The van der Waals surface area contributed by atoms with Crippen LogP contribution in [0.25, 0.3) is 33.4 Å². The highest BCUT2D eigenvalue weighted by atomic mass is 32.2. The number of carbonyl (C=O) groups is 3. The van der Waals surface area contributed by atoms with Gasteiger partial charge >= 0.3 is 17.9 Å². The first-order valence-corrected chi connectivity index (χ1v) is 17.8. The number of benzene rings is 6. The van der Waals surface area contributed by atoms with Crippen LogP contribution in [0.2, 0.25) is 0 Å². The monoisotopic (exact) mass is 706 g/mol. The molecule has 258 valence electrons. The molecule has 0 saturated carbocycles. The van der Waals surface area contributed by atoms with Crippen molar-refractivity contribution >= 4 is 29.7 Å². The second-order valence-corrected chi connectivity index (χ2v) is 13.6. The molecule has 7 rings (SSSR count). The van der Waals surface area contributed by atoms with Gasteiger partial charge in [0.05, 0.1) is 21.9 Å². The normalized spacial score (nSPS) is 17.9. The average Bonchev–Trinajstić information content (AvgIpc) is 3.50. The summed E-state index contributed by atoms with van der Waals surface area (Å²) in [5.41, 5.74) is 5.47. The van der Waals surface area contributed by atoms with Gasteiger partial charge in [0, 0.05) is 0 Å². The smallest absolute Gasteiger partial charge is 0.338 e. The van der Waals surface area contributed by atoms with Crippen molar-refractivity contribution in [1.82, 2.24) is 0 Å². The van der Waals surface area contributed by atoms with Crippen LogP contribution < -0.4 is 0 Å². The molecule has 0 radical (unpaired) electrons. The maximum Gasteiger partial charge on any atom is 0.338 e. The molecule has 1 N–H and O–H groups in total. The summed E-state index contributed by atoms with van der Waals surface area (Å²) in [6, 6.07) is 50.3. The molecular weight excluding hydrogens is 673 g/mol. The van der Waals surface area contributed by atoms with Crippen molar-refractivity contribution in [2.75, 3.05) is 6.61 Å². The second-order valence-electron chi connectivity index (χ2n) is 12.2. The zero-order chi connectivity index (χ0) is 35.9. The molecule has 0 aromatic heterocycles. The minimum absolute atomic E-state index is 0.203. The lowest BCUT2D eigenvalue weighted by Gasteiger charge is -2.24. The molecular formula is C44H34O7S. The summed E-state index contributed by atoms with van der Waals surface area (Å²) in [4.78, 5) is 40.0. The van der Waals surface area contributed by atoms with Crippen LogP contribution in [0.1, 0.15) is 31.1 Å². The minimum atomic E-state index is -1.25. The Kier molecular flexibility index (Phi) is 10.6. The average molecular weight is 707 g/mol. The number of rotatable bonds is 10. The summed E-state index contributed by atoms with van der Waals surface area (Å²) in [5, 5.41) is 10.4. The topological polar surface area (TPSA) is 99.1 Å². The highest BCUT2D eigenvalue weighted by molar-refractivity contribution is 8.00. The zero-order valence-electron chi connectivity index (χ0n) is 27.9. The van der Waals surface area contributed by atoms with Crippen LogP contribution in [0.3, 0.4) is 0 Å². The van der Waals surface area contributed by atoms with E-state index in [1.165, 1.54) is 0 Å². The van der Waals surface area contributed by atoms with Crippen LogP contribution in [0.15, 0.2) is 164 Å². The van der Waals surface area contributed by atoms with Gasteiger partial charge in [-0.1, -0.05) is 127 Å². The van der Waals surface area contributed by atoms with Crippen LogP contribution in [0.5, 0.6) is 0 Å². The van der Waals surface area contributed by atoms with Gasteiger partial charge in [-0.05, 0) is 69.8 Å². The van der Waals surface area contributed by atoms with Crippen molar-refractivity contribution in [1.29, 1.82) is 0 Å². The number of aliphatic hydroxyl groups is 1. The Morgan fingerprint density at radius 3 is 1.15 bits per heavy atom. The molecule has 1 fully saturated rings. The summed E-state index contributed by atoms with van der Waals surface area (Å²) >= 11 is 1.02. The highest BCUT2D eigenvalue weighted by Gasteiger charge is 2.49. The zero-order valence-corrected chi connectivity index (χ0v) is 28.7. The van der Waals surface area contributed by atoms with E-state index in [0.717, 1.165) is 45.1 Å². The third-order valence-electron chi connectivity index (χ3n) is 8.83. The van der Waals surface area contributed by atoms with Gasteiger partial charge in [0.2, 0.25) is 0 Å². The number of aliphatic hydroxyl groups excluding tert-OH is 1. The van der Waals surface area contributed by atoms with E-state index in [1.54, 1.807) is 36.4 Å². The fourth-order valence-electron chi connectivity index (χ4n) is 6.02. The first-order valence-electron chi connectivity index (χ1n) is 16.8. The maximum atomic E-state index is 13.5. The third kappa shape index (κ3) is 7.99. The quantitative estimate of drug-likeness (QED) is 0.112. The fourth-order valence-corrected chi connectivity index (χ4v) is 7.26. The van der Waals surface area contributed by atoms with Crippen LogP contribution in [-0.4, -0.2) is 52.5 Å². The molecule has 6 aromatic carbocycles. The van der Waals surface area contributed by atoms with Gasteiger partial charge in [-0.2, -0.15) is 0 Å². The molecule has 8 heteroatoms. The lowest BCUT2D eigenvalue weighted by Crippen LogP contribution is -2.41. The van der Waals surface area contributed by atoms with E-state index in [1.807, 2.05) is 127 Å². The van der Waals surface area contributed by atoms with Gasteiger partial charge in [0.1, 0.15) is 12.0 Å². The molecule has 7 nitrogen and oxygen atoms in total. The number of hydrogen-bond donors (Lipinski definition) is 1. The van der Waals surface area contributed by atoms with Gasteiger partial charge < -0.3 is 19.3 Å². The molecule has 52 heavy (non-hydrogen) atoms. The Bertz CT molecular complexity index is 2120. The van der Waals surface area contributed by atoms with E-state index >= 15 is 0 Å². The lowest BCUT2D eigenvalue weighted by atomic mass is 10.0. The highest BCUT2D eigenvalue weighted by Crippen LogP contribution is 2.38. The minimum Gasteiger partial charge on any atom is -0.461 e. The van der Waals surface area contributed by atoms with Crippen molar-refractivity contribution < 1.29 is 33.7 Å². The Hall–Kier alpha value is -5.96. The van der Waals surface area contributed by atoms with Crippen LogP contribution in [0.4, 0.5) is 0 Å². The van der Waals surface area contributed by atoms with E-state index < -0.39 is 40.8 Å². The summed E-state index contributed by atoms with van der Waals surface area (Å²) in [5.74, 6) is -1.93. The third-order valence-corrected chi connectivity index (χ3v) is 10.1. The van der Waals surface area contributed by atoms with E-state index in [9.17, 15) is 19.5 Å². The first-order chi connectivity index (χ1) is 25.4. The lowest BCUT2D eigenvalue weighted by molar-refractivity contribution is -0.0557. The van der Waals surface area contributed by atoms with Gasteiger partial charge in [0.15, 0.2) is 12.2 Å². The van der Waals surface area contributed by atoms with Crippen molar-refractivity contribution in [3.8, 4) is 33.4 Å². The number of esters is 3. The molecule has 1 unspecified atom stereocenters. The van der Waals surface area contributed by atoms with Crippen molar-refractivity contribution in [2.24, 2.45) is 0 Å². The van der Waals surface area contributed by atoms with E-state index in [2.05, 4.69) is 0 Å². The molecule has 0 spiro atoms. The largest absolute Gasteiger partial charge is 0.461 e. The van der Waals surface area contributed by atoms with E-state index in [0.29, 0.717) is 5.56 Å².